The quantitative estimate of drug-likeness (QED) is 0.775. The fourth-order valence-electron chi connectivity index (χ4n) is 2.30. The van der Waals surface area contributed by atoms with E-state index in [1.165, 1.54) is 6.07 Å². The van der Waals surface area contributed by atoms with Crippen LogP contribution in [0.25, 0.3) is 10.9 Å². The summed E-state index contributed by atoms with van der Waals surface area (Å²) >= 11 is 0. The molecule has 1 N–H and O–H groups in total. The van der Waals surface area contributed by atoms with Crippen LogP contribution < -0.4 is 5.32 Å². The van der Waals surface area contributed by atoms with Crippen molar-refractivity contribution >= 4 is 16.6 Å². The monoisotopic (exact) mass is 326 g/mol. The van der Waals surface area contributed by atoms with Crippen molar-refractivity contribution in [3.63, 3.8) is 0 Å². The van der Waals surface area contributed by atoms with Crippen molar-refractivity contribution in [1.82, 2.24) is 4.98 Å². The fraction of sp³-hybridized carbons (Fsp3) is 0.471. The van der Waals surface area contributed by atoms with Crippen LogP contribution in [0.5, 0.6) is 0 Å². The van der Waals surface area contributed by atoms with Gasteiger partial charge in [-0.3, -0.25) is 4.98 Å². The molecule has 2 aromatic rings. The first-order valence-electron chi connectivity index (χ1n) is 7.61. The van der Waals surface area contributed by atoms with Crippen molar-refractivity contribution in [2.45, 2.75) is 39.5 Å². The number of pyridine rings is 1. The van der Waals surface area contributed by atoms with Gasteiger partial charge in [-0.15, -0.1) is 0 Å². The second-order valence-electron chi connectivity index (χ2n) is 5.74. The van der Waals surface area contributed by atoms with Crippen LogP contribution in [-0.2, 0) is 10.9 Å². The predicted octanol–water partition coefficient (Wildman–Crippen LogP) is 4.79. The molecule has 126 valence electrons. The molecule has 0 aliphatic carbocycles. The van der Waals surface area contributed by atoms with Crippen molar-refractivity contribution in [2.75, 3.05) is 18.5 Å². The first-order chi connectivity index (χ1) is 10.8. The molecule has 1 aromatic heterocycles. The van der Waals surface area contributed by atoms with Gasteiger partial charge in [0, 0.05) is 29.9 Å². The molecule has 0 aliphatic heterocycles. The highest BCUT2D eigenvalue weighted by Gasteiger charge is 2.30. The third kappa shape index (κ3) is 4.82. The minimum absolute atomic E-state index is 0.194. The Morgan fingerprint density at radius 3 is 2.61 bits per heavy atom. The highest BCUT2D eigenvalue weighted by atomic mass is 19.4. The highest BCUT2D eigenvalue weighted by molar-refractivity contribution is 5.91. The average Bonchev–Trinajstić information content (AvgIpc) is 2.44. The molecule has 1 heterocycles. The van der Waals surface area contributed by atoms with Gasteiger partial charge in [0.15, 0.2) is 0 Å². The first kappa shape index (κ1) is 17.5. The van der Waals surface area contributed by atoms with Crippen LogP contribution in [0.15, 0.2) is 24.3 Å². The van der Waals surface area contributed by atoms with Gasteiger partial charge < -0.3 is 10.1 Å². The summed E-state index contributed by atoms with van der Waals surface area (Å²) in [7, 11) is 0. The van der Waals surface area contributed by atoms with Crippen molar-refractivity contribution in [3.05, 3.63) is 35.5 Å². The zero-order chi connectivity index (χ0) is 17.0. The number of alkyl halides is 3. The normalized spacial score (nSPS) is 12.1. The second kappa shape index (κ2) is 7.17. The van der Waals surface area contributed by atoms with Crippen LogP contribution in [0.1, 0.15) is 31.5 Å². The Morgan fingerprint density at radius 2 is 1.96 bits per heavy atom. The minimum atomic E-state index is -4.36. The lowest BCUT2D eigenvalue weighted by Gasteiger charge is -2.13. The maximum absolute atomic E-state index is 12.8. The number of nitrogens with zero attached hydrogens (tertiary/aromatic N) is 1. The summed E-state index contributed by atoms with van der Waals surface area (Å²) in [4.78, 5) is 4.21. The molecule has 3 nitrogen and oxygen atoms in total. The van der Waals surface area contributed by atoms with Gasteiger partial charge in [-0.2, -0.15) is 13.2 Å². The van der Waals surface area contributed by atoms with Gasteiger partial charge >= 0.3 is 6.18 Å². The van der Waals surface area contributed by atoms with Crippen LogP contribution in [-0.4, -0.2) is 24.2 Å². The largest absolute Gasteiger partial charge is 0.416 e. The van der Waals surface area contributed by atoms with Crippen LogP contribution in [0, 0.1) is 6.92 Å². The van der Waals surface area contributed by atoms with Gasteiger partial charge in [0.05, 0.1) is 17.2 Å². The van der Waals surface area contributed by atoms with Crippen LogP contribution in [0.2, 0.25) is 0 Å². The van der Waals surface area contributed by atoms with E-state index in [0.29, 0.717) is 29.7 Å². The summed E-state index contributed by atoms with van der Waals surface area (Å²) in [5, 5.41) is 3.95. The number of rotatable bonds is 6. The maximum Gasteiger partial charge on any atom is 0.416 e. The summed E-state index contributed by atoms with van der Waals surface area (Å²) in [5.41, 5.74) is 1.14. The first-order valence-corrected chi connectivity index (χ1v) is 7.61. The number of aryl methyl sites for hydroxylation is 1. The Bertz CT molecular complexity index is 669. The highest BCUT2D eigenvalue weighted by Crippen LogP contribution is 2.33. The van der Waals surface area contributed by atoms with Crippen LogP contribution in [0.4, 0.5) is 18.9 Å². The van der Waals surface area contributed by atoms with Gasteiger partial charge in [0.25, 0.3) is 0 Å². The topological polar surface area (TPSA) is 34.1 Å². The van der Waals surface area contributed by atoms with E-state index in [1.807, 2.05) is 19.9 Å². The van der Waals surface area contributed by atoms with Gasteiger partial charge in [-0.25, -0.2) is 0 Å². The van der Waals surface area contributed by atoms with Gasteiger partial charge in [0.1, 0.15) is 0 Å². The number of ether oxygens (including phenoxy) is 1. The second-order valence-corrected chi connectivity index (χ2v) is 5.74. The number of anilines is 1. The predicted molar refractivity (Wildman–Crippen MR) is 85.7 cm³/mol. The maximum atomic E-state index is 12.8. The van der Waals surface area contributed by atoms with Crippen molar-refractivity contribution in [1.29, 1.82) is 0 Å². The molecule has 0 bridgehead atoms. The Labute approximate surface area is 133 Å². The summed E-state index contributed by atoms with van der Waals surface area (Å²) < 4.78 is 43.9. The third-order valence-corrected chi connectivity index (χ3v) is 3.35. The molecular formula is C17H21F3N2O. The molecule has 0 unspecified atom stereocenters. The molecule has 0 saturated heterocycles. The average molecular weight is 326 g/mol. The third-order valence-electron chi connectivity index (χ3n) is 3.35. The van der Waals surface area contributed by atoms with Crippen molar-refractivity contribution in [2.24, 2.45) is 0 Å². The standard InChI is InChI=1S/C17H21F3N2O/c1-11(2)23-8-4-7-21-15-9-12(3)22-16-10-13(17(18,19)20)5-6-14(15)16/h5-6,9-11H,4,7-8H2,1-3H3,(H,21,22). The number of benzene rings is 1. The van der Waals surface area contributed by atoms with E-state index in [-0.39, 0.29) is 6.10 Å². The number of hydrogen-bond donors (Lipinski definition) is 1. The van der Waals surface area contributed by atoms with Gasteiger partial charge in [-0.1, -0.05) is 6.07 Å². The smallest absolute Gasteiger partial charge is 0.384 e. The van der Waals surface area contributed by atoms with Crippen molar-refractivity contribution in [3.8, 4) is 0 Å². The van der Waals surface area contributed by atoms with E-state index in [1.54, 1.807) is 6.92 Å². The molecule has 0 spiro atoms. The van der Waals surface area contributed by atoms with Gasteiger partial charge in [0.2, 0.25) is 0 Å². The molecule has 2 rings (SSSR count). The number of aromatic nitrogens is 1. The summed E-state index contributed by atoms with van der Waals surface area (Å²) in [5.74, 6) is 0. The van der Waals surface area contributed by atoms with E-state index in [4.69, 9.17) is 4.74 Å². The zero-order valence-electron chi connectivity index (χ0n) is 13.5. The summed E-state index contributed by atoms with van der Waals surface area (Å²) in [6.07, 6.45) is -3.34. The lowest BCUT2D eigenvalue weighted by molar-refractivity contribution is -0.137. The molecule has 0 fully saturated rings. The lowest BCUT2D eigenvalue weighted by Crippen LogP contribution is -2.10. The van der Waals surface area contributed by atoms with Crippen molar-refractivity contribution < 1.29 is 17.9 Å². The van der Waals surface area contributed by atoms with Gasteiger partial charge in [-0.05, 0) is 45.4 Å². The molecule has 23 heavy (non-hydrogen) atoms. The van der Waals surface area contributed by atoms with E-state index in [0.717, 1.165) is 24.2 Å². The lowest BCUT2D eigenvalue weighted by atomic mass is 10.1. The molecule has 0 aliphatic rings. The van der Waals surface area contributed by atoms with Crippen LogP contribution >= 0.6 is 0 Å². The van der Waals surface area contributed by atoms with E-state index < -0.39 is 11.7 Å². The van der Waals surface area contributed by atoms with E-state index in [9.17, 15) is 13.2 Å². The molecular weight excluding hydrogens is 305 g/mol. The Hall–Kier alpha value is -1.82. The van der Waals surface area contributed by atoms with Crippen LogP contribution in [0.3, 0.4) is 0 Å². The zero-order valence-corrected chi connectivity index (χ0v) is 13.5. The Morgan fingerprint density at radius 1 is 1.22 bits per heavy atom. The Balaban J connectivity index is 2.16. The summed E-state index contributed by atoms with van der Waals surface area (Å²) in [6, 6.07) is 5.50. The fourth-order valence-corrected chi connectivity index (χ4v) is 2.30. The molecule has 6 heteroatoms. The molecule has 0 radical (unpaired) electrons. The Kier molecular flexibility index (Phi) is 5.46. The molecule has 0 atom stereocenters. The number of nitrogens with one attached hydrogen (secondary N) is 1. The number of halogens is 3. The molecule has 0 amide bonds. The number of fused-ring (bicyclic) bond motifs is 1. The number of hydrogen-bond acceptors (Lipinski definition) is 3. The molecule has 0 saturated carbocycles. The minimum Gasteiger partial charge on any atom is -0.384 e. The van der Waals surface area contributed by atoms with E-state index in [2.05, 4.69) is 10.3 Å². The SMILES string of the molecule is Cc1cc(NCCCOC(C)C)c2ccc(C(F)(F)F)cc2n1. The summed E-state index contributed by atoms with van der Waals surface area (Å²) in [6.45, 7) is 7.06. The van der Waals surface area contributed by atoms with E-state index >= 15 is 0 Å². The molecule has 1 aromatic carbocycles.